The predicted molar refractivity (Wildman–Crippen MR) is 41.3 cm³/mol. The number of hydrogen-bond donors (Lipinski definition) is 0. The largest absolute Gasteiger partial charge is 0.207 e. The van der Waals surface area contributed by atoms with Crippen LogP contribution in [0.1, 0.15) is 27.2 Å². The quantitative estimate of drug-likeness (QED) is 0.484. The van der Waals surface area contributed by atoms with Crippen LogP contribution in [0.15, 0.2) is 23.0 Å². The Kier molecular flexibility index (Phi) is 1.93. The van der Waals surface area contributed by atoms with E-state index in [-0.39, 0.29) is 5.83 Å². The van der Waals surface area contributed by atoms with Crippen molar-refractivity contribution < 1.29 is 4.39 Å². The smallest absolute Gasteiger partial charge is 0.124 e. The normalized spacial score (nSPS) is 26.8. The zero-order valence-corrected chi connectivity index (χ0v) is 6.74. The maximum absolute atomic E-state index is 13.0. The van der Waals surface area contributed by atoms with E-state index in [0.29, 0.717) is 5.92 Å². The lowest BCUT2D eigenvalue weighted by atomic mass is 9.92. The average Bonchev–Trinajstić information content (AvgIpc) is 1.82. The van der Waals surface area contributed by atoms with Gasteiger partial charge in [-0.15, -0.1) is 0 Å². The van der Waals surface area contributed by atoms with Crippen LogP contribution in [0.4, 0.5) is 4.39 Å². The summed E-state index contributed by atoms with van der Waals surface area (Å²) >= 11 is 0. The van der Waals surface area contributed by atoms with Crippen molar-refractivity contribution in [1.82, 2.24) is 0 Å². The van der Waals surface area contributed by atoms with Crippen molar-refractivity contribution in [3.63, 3.8) is 0 Å². The third kappa shape index (κ3) is 1.28. The van der Waals surface area contributed by atoms with Crippen molar-refractivity contribution in [2.24, 2.45) is 5.92 Å². The van der Waals surface area contributed by atoms with Crippen LogP contribution in [-0.4, -0.2) is 0 Å². The standard InChI is InChI=1S/C9H13F/c1-6-4-7(2)9(10)8(3)5-6/h4,6H,5H2,1-3H3. The second-order valence-electron chi connectivity index (χ2n) is 3.13. The highest BCUT2D eigenvalue weighted by molar-refractivity contribution is 5.32. The highest BCUT2D eigenvalue weighted by Crippen LogP contribution is 2.28. The molecule has 0 N–H and O–H groups in total. The van der Waals surface area contributed by atoms with Crippen molar-refractivity contribution in [2.45, 2.75) is 27.2 Å². The molecule has 0 aromatic heterocycles. The maximum atomic E-state index is 13.0. The summed E-state index contributed by atoms with van der Waals surface area (Å²) in [5, 5.41) is 0. The topological polar surface area (TPSA) is 0 Å². The molecule has 0 aromatic carbocycles. The van der Waals surface area contributed by atoms with Gasteiger partial charge in [-0.3, -0.25) is 0 Å². The minimum Gasteiger partial charge on any atom is -0.207 e. The van der Waals surface area contributed by atoms with Gasteiger partial charge < -0.3 is 0 Å². The van der Waals surface area contributed by atoms with E-state index in [1.54, 1.807) is 0 Å². The highest BCUT2D eigenvalue weighted by atomic mass is 19.1. The first-order valence-corrected chi connectivity index (χ1v) is 3.65. The number of rotatable bonds is 0. The van der Waals surface area contributed by atoms with Crippen LogP contribution < -0.4 is 0 Å². The fourth-order valence-corrected chi connectivity index (χ4v) is 1.47. The minimum atomic E-state index is -0.00176. The molecule has 1 atom stereocenters. The molecule has 0 aromatic rings. The van der Waals surface area contributed by atoms with Crippen LogP contribution >= 0.6 is 0 Å². The van der Waals surface area contributed by atoms with Crippen molar-refractivity contribution >= 4 is 0 Å². The Bertz CT molecular complexity index is 199. The Morgan fingerprint density at radius 3 is 2.60 bits per heavy atom. The van der Waals surface area contributed by atoms with Crippen LogP contribution in [0.3, 0.4) is 0 Å². The first-order chi connectivity index (χ1) is 4.61. The van der Waals surface area contributed by atoms with Gasteiger partial charge >= 0.3 is 0 Å². The Balaban J connectivity index is 2.90. The van der Waals surface area contributed by atoms with Crippen LogP contribution in [0.5, 0.6) is 0 Å². The van der Waals surface area contributed by atoms with Crippen LogP contribution in [-0.2, 0) is 0 Å². The molecule has 56 valence electrons. The monoisotopic (exact) mass is 140 g/mol. The molecule has 0 aliphatic heterocycles. The summed E-state index contributed by atoms with van der Waals surface area (Å²) < 4.78 is 13.0. The molecule has 1 rings (SSSR count). The molecule has 0 spiro atoms. The molecule has 0 heterocycles. The van der Waals surface area contributed by atoms with E-state index in [1.807, 2.05) is 19.9 Å². The predicted octanol–water partition coefficient (Wildman–Crippen LogP) is 3.22. The molecular weight excluding hydrogens is 127 g/mol. The molecule has 1 unspecified atom stereocenters. The summed E-state index contributed by atoms with van der Waals surface area (Å²) in [6.45, 7) is 5.80. The first-order valence-electron chi connectivity index (χ1n) is 3.65. The van der Waals surface area contributed by atoms with E-state index in [2.05, 4.69) is 6.92 Å². The van der Waals surface area contributed by atoms with E-state index in [9.17, 15) is 4.39 Å². The third-order valence-electron chi connectivity index (χ3n) is 1.88. The van der Waals surface area contributed by atoms with Gasteiger partial charge in [0.25, 0.3) is 0 Å². The molecule has 0 saturated carbocycles. The second kappa shape index (κ2) is 2.57. The zero-order chi connectivity index (χ0) is 7.72. The molecular formula is C9H13F. The molecule has 0 amide bonds. The summed E-state index contributed by atoms with van der Waals surface area (Å²) in [5.41, 5.74) is 1.70. The Labute approximate surface area is 61.4 Å². The van der Waals surface area contributed by atoms with Gasteiger partial charge in [0, 0.05) is 0 Å². The summed E-state index contributed by atoms with van der Waals surface area (Å²) in [6, 6.07) is 0. The number of hydrogen-bond acceptors (Lipinski definition) is 0. The van der Waals surface area contributed by atoms with E-state index >= 15 is 0 Å². The van der Waals surface area contributed by atoms with Gasteiger partial charge in [-0.2, -0.15) is 0 Å². The number of allylic oxidation sites excluding steroid dienone is 4. The fourth-order valence-electron chi connectivity index (χ4n) is 1.47. The fraction of sp³-hybridized carbons (Fsp3) is 0.556. The molecule has 0 saturated heterocycles. The molecule has 1 aliphatic carbocycles. The van der Waals surface area contributed by atoms with Gasteiger partial charge in [0.15, 0.2) is 0 Å². The highest BCUT2D eigenvalue weighted by Gasteiger charge is 2.13. The Hall–Kier alpha value is -0.590. The lowest BCUT2D eigenvalue weighted by molar-refractivity contribution is 0.584. The molecule has 1 aliphatic rings. The van der Waals surface area contributed by atoms with E-state index in [0.717, 1.165) is 17.6 Å². The van der Waals surface area contributed by atoms with Gasteiger partial charge in [0.2, 0.25) is 0 Å². The van der Waals surface area contributed by atoms with E-state index < -0.39 is 0 Å². The van der Waals surface area contributed by atoms with Crippen LogP contribution in [0.2, 0.25) is 0 Å². The summed E-state index contributed by atoms with van der Waals surface area (Å²) in [4.78, 5) is 0. The van der Waals surface area contributed by atoms with Gasteiger partial charge in [0.05, 0.1) is 0 Å². The Morgan fingerprint density at radius 1 is 1.50 bits per heavy atom. The zero-order valence-electron chi connectivity index (χ0n) is 6.74. The van der Waals surface area contributed by atoms with Crippen molar-refractivity contribution in [2.75, 3.05) is 0 Å². The molecule has 10 heavy (non-hydrogen) atoms. The van der Waals surface area contributed by atoms with Gasteiger partial charge in [-0.05, 0) is 37.3 Å². The molecule has 0 nitrogen and oxygen atoms in total. The number of halogens is 1. The SMILES string of the molecule is CC1=CC(C)CC(C)=C1F. The maximum Gasteiger partial charge on any atom is 0.124 e. The minimum absolute atomic E-state index is 0.00176. The van der Waals surface area contributed by atoms with Crippen molar-refractivity contribution in [3.05, 3.63) is 23.0 Å². The molecule has 0 bridgehead atoms. The van der Waals surface area contributed by atoms with Crippen molar-refractivity contribution in [1.29, 1.82) is 0 Å². The summed E-state index contributed by atoms with van der Waals surface area (Å²) in [5.74, 6) is 0.512. The van der Waals surface area contributed by atoms with Crippen molar-refractivity contribution in [3.8, 4) is 0 Å². The summed E-state index contributed by atoms with van der Waals surface area (Å²) in [7, 11) is 0. The summed E-state index contributed by atoms with van der Waals surface area (Å²) in [6.07, 6.45) is 2.87. The van der Waals surface area contributed by atoms with E-state index in [4.69, 9.17) is 0 Å². The molecule has 0 fully saturated rings. The second-order valence-corrected chi connectivity index (χ2v) is 3.13. The van der Waals surface area contributed by atoms with Gasteiger partial charge in [0.1, 0.15) is 5.83 Å². The lowest BCUT2D eigenvalue weighted by Gasteiger charge is -2.15. The lowest BCUT2D eigenvalue weighted by Crippen LogP contribution is -2.00. The van der Waals surface area contributed by atoms with E-state index in [1.165, 1.54) is 0 Å². The molecule has 0 radical (unpaired) electrons. The third-order valence-corrected chi connectivity index (χ3v) is 1.88. The van der Waals surface area contributed by atoms with Crippen LogP contribution in [0, 0.1) is 5.92 Å². The first kappa shape index (κ1) is 7.52. The Morgan fingerprint density at radius 2 is 2.10 bits per heavy atom. The van der Waals surface area contributed by atoms with Gasteiger partial charge in [-0.1, -0.05) is 13.0 Å². The average molecular weight is 140 g/mol. The molecule has 1 heteroatoms. The van der Waals surface area contributed by atoms with Gasteiger partial charge in [-0.25, -0.2) is 4.39 Å². The van der Waals surface area contributed by atoms with Crippen LogP contribution in [0.25, 0.3) is 0 Å².